The number of nitrogens with one attached hydrogen (secondary N) is 1. The second-order valence-electron chi connectivity index (χ2n) is 5.25. The molecule has 2 aliphatic rings. The molecule has 2 rings (SSSR count). The molecule has 0 saturated carbocycles. The molecule has 1 amide bonds. The van der Waals surface area contributed by atoms with Crippen LogP contribution in [0.2, 0.25) is 0 Å². The summed E-state index contributed by atoms with van der Waals surface area (Å²) in [7, 11) is -2.84. The maximum Gasteiger partial charge on any atom is 0.220 e. The van der Waals surface area contributed by atoms with Crippen LogP contribution in [-0.4, -0.2) is 45.1 Å². The summed E-state index contributed by atoms with van der Waals surface area (Å²) >= 11 is 0. The first-order chi connectivity index (χ1) is 8.55. The maximum absolute atomic E-state index is 11.6. The second-order valence-corrected chi connectivity index (χ2v) is 7.48. The lowest BCUT2D eigenvalue weighted by Gasteiger charge is -2.11. The van der Waals surface area contributed by atoms with E-state index in [9.17, 15) is 13.2 Å². The Kier molecular flexibility index (Phi) is 4.61. The average Bonchev–Trinajstić information content (AvgIpc) is 2.93. The van der Waals surface area contributed by atoms with Crippen LogP contribution < -0.4 is 5.32 Å². The molecule has 0 unspecified atom stereocenters. The zero-order chi connectivity index (χ0) is 13.0. The number of rotatable bonds is 5. The fourth-order valence-electron chi connectivity index (χ4n) is 2.54. The topological polar surface area (TPSA) is 72.5 Å². The molecule has 1 N–H and O–H groups in total. The molecule has 2 heterocycles. The molecule has 0 aromatic rings. The first-order valence-electron chi connectivity index (χ1n) is 6.64. The quantitative estimate of drug-likeness (QED) is 0.793. The summed E-state index contributed by atoms with van der Waals surface area (Å²) in [5.41, 5.74) is 0. The zero-order valence-electron chi connectivity index (χ0n) is 10.6. The highest BCUT2D eigenvalue weighted by Gasteiger charge is 2.27. The molecule has 2 atom stereocenters. The van der Waals surface area contributed by atoms with Gasteiger partial charge in [-0.15, -0.1) is 0 Å². The van der Waals surface area contributed by atoms with Crippen LogP contribution in [0.1, 0.15) is 32.1 Å². The van der Waals surface area contributed by atoms with E-state index in [0.717, 1.165) is 25.9 Å². The molecule has 18 heavy (non-hydrogen) atoms. The van der Waals surface area contributed by atoms with Crippen molar-refractivity contribution < 1.29 is 17.9 Å². The smallest absolute Gasteiger partial charge is 0.220 e. The Morgan fingerprint density at radius 1 is 1.33 bits per heavy atom. The van der Waals surface area contributed by atoms with E-state index in [4.69, 9.17) is 4.74 Å². The number of ether oxygens (including phenoxy) is 1. The lowest BCUT2D eigenvalue weighted by atomic mass is 10.1. The molecule has 2 fully saturated rings. The molecule has 0 spiro atoms. The van der Waals surface area contributed by atoms with Crippen LogP contribution in [0.4, 0.5) is 0 Å². The van der Waals surface area contributed by atoms with Gasteiger partial charge in [-0.1, -0.05) is 0 Å². The number of amides is 1. The van der Waals surface area contributed by atoms with Gasteiger partial charge in [0.1, 0.15) is 0 Å². The summed E-state index contributed by atoms with van der Waals surface area (Å²) in [6.45, 7) is 1.30. The van der Waals surface area contributed by atoms with Crippen molar-refractivity contribution in [1.29, 1.82) is 0 Å². The number of sulfone groups is 1. The monoisotopic (exact) mass is 275 g/mol. The molecule has 0 aromatic carbocycles. The van der Waals surface area contributed by atoms with E-state index in [0.29, 0.717) is 19.4 Å². The van der Waals surface area contributed by atoms with Crippen LogP contribution in [0.25, 0.3) is 0 Å². The summed E-state index contributed by atoms with van der Waals surface area (Å²) in [5, 5.41) is 2.83. The Hall–Kier alpha value is -0.620. The predicted molar refractivity (Wildman–Crippen MR) is 68.0 cm³/mol. The van der Waals surface area contributed by atoms with Crippen molar-refractivity contribution >= 4 is 15.7 Å². The van der Waals surface area contributed by atoms with Crippen molar-refractivity contribution in [3.05, 3.63) is 0 Å². The summed E-state index contributed by atoms with van der Waals surface area (Å²) in [5.74, 6) is 0.596. The minimum atomic E-state index is -2.84. The van der Waals surface area contributed by atoms with Crippen LogP contribution in [0, 0.1) is 5.92 Å². The van der Waals surface area contributed by atoms with E-state index in [1.165, 1.54) is 0 Å². The number of hydrogen-bond donors (Lipinski definition) is 1. The van der Waals surface area contributed by atoms with Crippen molar-refractivity contribution in [2.45, 2.75) is 38.2 Å². The van der Waals surface area contributed by atoms with Gasteiger partial charge in [-0.05, 0) is 31.6 Å². The standard InChI is InChI=1S/C12H21NO4S/c14-12(4-3-11-2-1-6-17-11)13-8-10-5-7-18(15,16)9-10/h10-11H,1-9H2,(H,13,14)/t10-,11-/m1/s1. The molecule has 104 valence electrons. The Morgan fingerprint density at radius 3 is 2.78 bits per heavy atom. The normalized spacial score (nSPS) is 30.4. The molecule has 6 heteroatoms. The molecular formula is C12H21NO4S. The predicted octanol–water partition coefficient (Wildman–Crippen LogP) is 0.496. The first-order valence-corrected chi connectivity index (χ1v) is 8.46. The van der Waals surface area contributed by atoms with Gasteiger partial charge in [-0.2, -0.15) is 0 Å². The molecule has 0 bridgehead atoms. The highest BCUT2D eigenvalue weighted by Crippen LogP contribution is 2.18. The van der Waals surface area contributed by atoms with Gasteiger partial charge in [-0.3, -0.25) is 4.79 Å². The molecule has 2 saturated heterocycles. The largest absolute Gasteiger partial charge is 0.378 e. The van der Waals surface area contributed by atoms with E-state index >= 15 is 0 Å². The highest BCUT2D eigenvalue weighted by atomic mass is 32.2. The van der Waals surface area contributed by atoms with Crippen molar-refractivity contribution in [2.24, 2.45) is 5.92 Å². The van der Waals surface area contributed by atoms with Crippen LogP contribution in [0.3, 0.4) is 0 Å². The Morgan fingerprint density at radius 2 is 2.17 bits per heavy atom. The van der Waals surface area contributed by atoms with Crippen molar-refractivity contribution in [3.63, 3.8) is 0 Å². The zero-order valence-corrected chi connectivity index (χ0v) is 11.4. The van der Waals surface area contributed by atoms with Crippen molar-refractivity contribution in [1.82, 2.24) is 5.32 Å². The van der Waals surface area contributed by atoms with Gasteiger partial charge in [-0.25, -0.2) is 8.42 Å². The number of hydrogen-bond acceptors (Lipinski definition) is 4. The SMILES string of the molecule is O=C(CC[C@H]1CCCO1)NC[C@H]1CCS(=O)(=O)C1. The van der Waals surface area contributed by atoms with Gasteiger partial charge in [0.05, 0.1) is 17.6 Å². The Bertz CT molecular complexity index is 387. The highest BCUT2D eigenvalue weighted by molar-refractivity contribution is 7.91. The lowest BCUT2D eigenvalue weighted by molar-refractivity contribution is -0.121. The molecule has 0 radical (unpaired) electrons. The fourth-order valence-corrected chi connectivity index (χ4v) is 4.41. The van der Waals surface area contributed by atoms with Crippen molar-refractivity contribution in [2.75, 3.05) is 24.7 Å². The minimum Gasteiger partial charge on any atom is -0.378 e. The van der Waals surface area contributed by atoms with E-state index in [1.807, 2.05) is 0 Å². The van der Waals surface area contributed by atoms with Gasteiger partial charge < -0.3 is 10.1 Å². The van der Waals surface area contributed by atoms with E-state index in [1.54, 1.807) is 0 Å². The first kappa shape index (κ1) is 13.8. The second kappa shape index (κ2) is 6.02. The summed E-state index contributed by atoms with van der Waals surface area (Å²) in [6, 6.07) is 0. The van der Waals surface area contributed by atoms with Gasteiger partial charge in [0.15, 0.2) is 9.84 Å². The lowest BCUT2D eigenvalue weighted by Crippen LogP contribution is -2.30. The molecule has 5 nitrogen and oxygen atoms in total. The van der Waals surface area contributed by atoms with Crippen LogP contribution in [0.5, 0.6) is 0 Å². The van der Waals surface area contributed by atoms with Crippen LogP contribution >= 0.6 is 0 Å². The summed E-state index contributed by atoms with van der Waals surface area (Å²) in [4.78, 5) is 11.6. The number of carbonyl (C=O) groups is 1. The number of carbonyl (C=O) groups excluding carboxylic acids is 1. The fraction of sp³-hybridized carbons (Fsp3) is 0.917. The third-order valence-electron chi connectivity index (χ3n) is 3.63. The third kappa shape index (κ3) is 4.24. The minimum absolute atomic E-state index is 0.00907. The van der Waals surface area contributed by atoms with Gasteiger partial charge in [0.25, 0.3) is 0 Å². The van der Waals surface area contributed by atoms with E-state index in [2.05, 4.69) is 5.32 Å². The van der Waals surface area contributed by atoms with Gasteiger partial charge >= 0.3 is 0 Å². The molecule has 0 aromatic heterocycles. The Labute approximate surface area is 108 Å². The summed E-state index contributed by atoms with van der Waals surface area (Å²) in [6.07, 6.45) is 4.30. The summed E-state index contributed by atoms with van der Waals surface area (Å²) < 4.78 is 28.0. The van der Waals surface area contributed by atoms with Gasteiger partial charge in [0, 0.05) is 19.6 Å². The average molecular weight is 275 g/mol. The van der Waals surface area contributed by atoms with E-state index in [-0.39, 0.29) is 29.4 Å². The Balaban J connectivity index is 1.60. The van der Waals surface area contributed by atoms with Crippen LogP contribution in [0.15, 0.2) is 0 Å². The van der Waals surface area contributed by atoms with Gasteiger partial charge in [0.2, 0.25) is 5.91 Å². The van der Waals surface area contributed by atoms with Crippen LogP contribution in [-0.2, 0) is 19.4 Å². The van der Waals surface area contributed by atoms with E-state index < -0.39 is 9.84 Å². The molecule has 0 aliphatic carbocycles. The molecular weight excluding hydrogens is 254 g/mol. The third-order valence-corrected chi connectivity index (χ3v) is 5.47. The molecule has 2 aliphatic heterocycles. The van der Waals surface area contributed by atoms with Crippen molar-refractivity contribution in [3.8, 4) is 0 Å². The maximum atomic E-state index is 11.6.